The van der Waals surface area contributed by atoms with E-state index < -0.39 is 0 Å². The van der Waals surface area contributed by atoms with E-state index in [0.717, 1.165) is 32.8 Å². The van der Waals surface area contributed by atoms with Gasteiger partial charge in [-0.25, -0.2) is 0 Å². The van der Waals surface area contributed by atoms with E-state index in [4.69, 9.17) is 10.5 Å². The van der Waals surface area contributed by atoms with Crippen molar-refractivity contribution in [2.75, 3.05) is 32.8 Å². The number of hydrogen-bond donors (Lipinski definition) is 1. The molecule has 0 saturated carbocycles. The van der Waals surface area contributed by atoms with Crippen LogP contribution in [0.2, 0.25) is 0 Å². The predicted octanol–water partition coefficient (Wildman–Crippen LogP) is 0.446. The molecule has 0 aromatic carbocycles. The Labute approximate surface area is 74.9 Å². The SMILES string of the molecule is CCN(CCN)CC1CCCO1. The summed E-state index contributed by atoms with van der Waals surface area (Å²) >= 11 is 0. The molecule has 72 valence electrons. The lowest BCUT2D eigenvalue weighted by molar-refractivity contribution is 0.0758. The number of ether oxygens (including phenoxy) is 1. The van der Waals surface area contributed by atoms with Gasteiger partial charge >= 0.3 is 0 Å². The summed E-state index contributed by atoms with van der Waals surface area (Å²) in [6, 6.07) is 0. The third-order valence-corrected chi connectivity index (χ3v) is 2.38. The summed E-state index contributed by atoms with van der Waals surface area (Å²) in [5.41, 5.74) is 5.50. The second kappa shape index (κ2) is 5.51. The molecular formula is C9H20N2O. The summed E-state index contributed by atoms with van der Waals surface area (Å²) < 4.78 is 5.55. The van der Waals surface area contributed by atoms with Crippen LogP contribution in [0.15, 0.2) is 0 Å². The van der Waals surface area contributed by atoms with Crippen LogP contribution in [0.25, 0.3) is 0 Å². The maximum Gasteiger partial charge on any atom is 0.0702 e. The van der Waals surface area contributed by atoms with Gasteiger partial charge in [-0.2, -0.15) is 0 Å². The molecule has 0 aromatic heterocycles. The zero-order valence-corrected chi connectivity index (χ0v) is 7.96. The number of hydrogen-bond acceptors (Lipinski definition) is 3. The highest BCUT2D eigenvalue weighted by atomic mass is 16.5. The summed E-state index contributed by atoms with van der Waals surface area (Å²) in [4.78, 5) is 2.36. The Morgan fingerprint density at radius 1 is 1.58 bits per heavy atom. The number of nitrogens with two attached hydrogens (primary N) is 1. The van der Waals surface area contributed by atoms with Gasteiger partial charge < -0.3 is 10.5 Å². The van der Waals surface area contributed by atoms with E-state index in [0.29, 0.717) is 6.10 Å². The Kier molecular flexibility index (Phi) is 4.58. The summed E-state index contributed by atoms with van der Waals surface area (Å²) in [5.74, 6) is 0. The van der Waals surface area contributed by atoms with E-state index >= 15 is 0 Å². The molecule has 1 aliphatic heterocycles. The lowest BCUT2D eigenvalue weighted by Gasteiger charge is -2.22. The molecule has 0 radical (unpaired) electrons. The molecule has 3 heteroatoms. The first kappa shape index (κ1) is 9.96. The minimum absolute atomic E-state index is 0.469. The van der Waals surface area contributed by atoms with Crippen molar-refractivity contribution in [3.05, 3.63) is 0 Å². The van der Waals surface area contributed by atoms with Gasteiger partial charge in [0, 0.05) is 26.2 Å². The largest absolute Gasteiger partial charge is 0.377 e. The van der Waals surface area contributed by atoms with Crippen LogP contribution in [0.4, 0.5) is 0 Å². The summed E-state index contributed by atoms with van der Waals surface area (Å²) in [7, 11) is 0. The number of rotatable bonds is 5. The molecule has 1 heterocycles. The van der Waals surface area contributed by atoms with Gasteiger partial charge in [0.2, 0.25) is 0 Å². The molecule has 0 spiro atoms. The van der Waals surface area contributed by atoms with Gasteiger partial charge in [0.25, 0.3) is 0 Å². The molecular weight excluding hydrogens is 152 g/mol. The molecule has 12 heavy (non-hydrogen) atoms. The Bertz CT molecular complexity index is 113. The minimum atomic E-state index is 0.469. The van der Waals surface area contributed by atoms with E-state index in [1.54, 1.807) is 0 Å². The normalized spacial score (nSPS) is 23.8. The van der Waals surface area contributed by atoms with Crippen LogP contribution < -0.4 is 5.73 Å². The van der Waals surface area contributed by atoms with Crippen molar-refractivity contribution in [1.29, 1.82) is 0 Å². The second-order valence-electron chi connectivity index (χ2n) is 3.32. The molecule has 1 unspecified atom stereocenters. The standard InChI is InChI=1S/C9H20N2O/c1-2-11(6-5-10)8-9-4-3-7-12-9/h9H,2-8,10H2,1H3. The number of nitrogens with zero attached hydrogens (tertiary/aromatic N) is 1. The molecule has 0 aliphatic carbocycles. The third kappa shape index (κ3) is 3.09. The smallest absolute Gasteiger partial charge is 0.0702 e. The van der Waals surface area contributed by atoms with Crippen LogP contribution in [-0.2, 0) is 4.74 Å². The van der Waals surface area contributed by atoms with Crippen molar-refractivity contribution in [1.82, 2.24) is 4.90 Å². The fraction of sp³-hybridized carbons (Fsp3) is 1.00. The number of likely N-dealkylation sites (N-methyl/N-ethyl adjacent to an activating group) is 1. The molecule has 1 saturated heterocycles. The highest BCUT2D eigenvalue weighted by Gasteiger charge is 2.17. The van der Waals surface area contributed by atoms with Crippen LogP contribution >= 0.6 is 0 Å². The van der Waals surface area contributed by atoms with Crippen molar-refractivity contribution in [2.45, 2.75) is 25.9 Å². The van der Waals surface area contributed by atoms with E-state index in [1.807, 2.05) is 0 Å². The lowest BCUT2D eigenvalue weighted by Crippen LogP contribution is -2.35. The van der Waals surface area contributed by atoms with Gasteiger partial charge in [-0.05, 0) is 19.4 Å². The zero-order chi connectivity index (χ0) is 8.81. The van der Waals surface area contributed by atoms with Gasteiger partial charge in [0.15, 0.2) is 0 Å². The Morgan fingerprint density at radius 3 is 2.92 bits per heavy atom. The van der Waals surface area contributed by atoms with Crippen LogP contribution in [0.5, 0.6) is 0 Å². The maximum atomic E-state index is 5.55. The monoisotopic (exact) mass is 172 g/mol. The third-order valence-electron chi connectivity index (χ3n) is 2.38. The van der Waals surface area contributed by atoms with Crippen LogP contribution in [0.3, 0.4) is 0 Å². The molecule has 0 bridgehead atoms. The quantitative estimate of drug-likeness (QED) is 0.654. The Morgan fingerprint density at radius 2 is 2.42 bits per heavy atom. The summed E-state index contributed by atoms with van der Waals surface area (Å²) in [6.45, 7) is 7.01. The van der Waals surface area contributed by atoms with Crippen molar-refractivity contribution < 1.29 is 4.74 Å². The molecule has 0 aromatic rings. The molecule has 2 N–H and O–H groups in total. The van der Waals surface area contributed by atoms with Crippen molar-refractivity contribution in [3.63, 3.8) is 0 Å². The van der Waals surface area contributed by atoms with E-state index in [1.165, 1.54) is 12.8 Å². The zero-order valence-electron chi connectivity index (χ0n) is 7.96. The molecule has 1 aliphatic rings. The molecule has 1 atom stereocenters. The van der Waals surface area contributed by atoms with Gasteiger partial charge in [-0.1, -0.05) is 6.92 Å². The second-order valence-corrected chi connectivity index (χ2v) is 3.32. The minimum Gasteiger partial charge on any atom is -0.377 e. The fourth-order valence-corrected chi connectivity index (χ4v) is 1.64. The Balaban J connectivity index is 2.16. The molecule has 1 fully saturated rings. The topological polar surface area (TPSA) is 38.5 Å². The van der Waals surface area contributed by atoms with Crippen LogP contribution in [-0.4, -0.2) is 43.8 Å². The average molecular weight is 172 g/mol. The van der Waals surface area contributed by atoms with E-state index in [2.05, 4.69) is 11.8 Å². The highest BCUT2D eigenvalue weighted by molar-refractivity contribution is 4.69. The van der Waals surface area contributed by atoms with Gasteiger partial charge in [-0.3, -0.25) is 4.90 Å². The summed E-state index contributed by atoms with van der Waals surface area (Å²) in [6.07, 6.45) is 2.92. The van der Waals surface area contributed by atoms with Crippen LogP contribution in [0, 0.1) is 0 Å². The lowest BCUT2D eigenvalue weighted by atomic mass is 10.2. The molecule has 3 nitrogen and oxygen atoms in total. The van der Waals surface area contributed by atoms with Gasteiger partial charge in [-0.15, -0.1) is 0 Å². The first-order chi connectivity index (χ1) is 5.86. The summed E-state index contributed by atoms with van der Waals surface area (Å²) in [5, 5.41) is 0. The highest BCUT2D eigenvalue weighted by Crippen LogP contribution is 2.12. The predicted molar refractivity (Wildman–Crippen MR) is 50.1 cm³/mol. The first-order valence-electron chi connectivity index (χ1n) is 4.90. The van der Waals surface area contributed by atoms with Crippen molar-refractivity contribution in [2.24, 2.45) is 5.73 Å². The maximum absolute atomic E-state index is 5.55. The van der Waals surface area contributed by atoms with Crippen LogP contribution in [0.1, 0.15) is 19.8 Å². The molecule has 0 amide bonds. The van der Waals surface area contributed by atoms with E-state index in [-0.39, 0.29) is 0 Å². The van der Waals surface area contributed by atoms with Gasteiger partial charge in [0.1, 0.15) is 0 Å². The fourth-order valence-electron chi connectivity index (χ4n) is 1.64. The van der Waals surface area contributed by atoms with E-state index in [9.17, 15) is 0 Å². The van der Waals surface area contributed by atoms with Gasteiger partial charge in [0.05, 0.1) is 6.10 Å². The van der Waals surface area contributed by atoms with Crippen molar-refractivity contribution in [3.8, 4) is 0 Å². The Hall–Kier alpha value is -0.120. The average Bonchev–Trinajstić information content (AvgIpc) is 2.56. The van der Waals surface area contributed by atoms with Crippen molar-refractivity contribution >= 4 is 0 Å². The molecule has 1 rings (SSSR count). The first-order valence-corrected chi connectivity index (χ1v) is 4.90.